The van der Waals surface area contributed by atoms with Crippen molar-refractivity contribution in [3.63, 3.8) is 0 Å². The molecule has 0 saturated heterocycles. The summed E-state index contributed by atoms with van der Waals surface area (Å²) in [5.74, 6) is 0.361. The van der Waals surface area contributed by atoms with Gasteiger partial charge >= 0.3 is 0 Å². The Morgan fingerprint density at radius 1 is 1.50 bits per heavy atom. The van der Waals surface area contributed by atoms with Gasteiger partial charge in [0.15, 0.2) is 5.82 Å². The fourth-order valence-electron chi connectivity index (χ4n) is 1.94. The molecule has 0 aliphatic carbocycles. The van der Waals surface area contributed by atoms with E-state index < -0.39 is 10.0 Å². The van der Waals surface area contributed by atoms with Crippen molar-refractivity contribution in [3.8, 4) is 6.07 Å². The van der Waals surface area contributed by atoms with Gasteiger partial charge in [0.05, 0.1) is 17.2 Å². The molecule has 0 unspecified atom stereocenters. The molecule has 0 aromatic carbocycles. The molecule has 0 spiro atoms. The van der Waals surface area contributed by atoms with E-state index in [-0.39, 0.29) is 0 Å². The maximum atomic E-state index is 11.4. The number of anilines is 1. The van der Waals surface area contributed by atoms with Gasteiger partial charge in [0.1, 0.15) is 18.0 Å². The van der Waals surface area contributed by atoms with Crippen molar-refractivity contribution < 1.29 is 8.42 Å². The second kappa shape index (κ2) is 5.07. The van der Waals surface area contributed by atoms with Crippen LogP contribution < -0.4 is 9.84 Å². The predicted molar refractivity (Wildman–Crippen MR) is 74.2 cm³/mol. The van der Waals surface area contributed by atoms with E-state index in [1.165, 1.54) is 11.3 Å². The van der Waals surface area contributed by atoms with Gasteiger partial charge < -0.3 is 4.57 Å². The number of hydrazine groups is 1. The molecule has 2 rings (SSSR count). The number of hydrogen-bond acceptors (Lipinski definition) is 6. The van der Waals surface area contributed by atoms with Crippen molar-refractivity contribution in [3.05, 3.63) is 18.1 Å². The summed E-state index contributed by atoms with van der Waals surface area (Å²) in [6.45, 7) is 2.14. The molecule has 1 N–H and O–H groups in total. The van der Waals surface area contributed by atoms with Gasteiger partial charge in [-0.3, -0.25) is 5.01 Å². The molecule has 106 valence electrons. The lowest BCUT2D eigenvalue weighted by atomic mass is 10.2. The second-order valence-corrected chi connectivity index (χ2v) is 6.00. The summed E-state index contributed by atoms with van der Waals surface area (Å²) in [5.41, 5.74) is 0.965. The van der Waals surface area contributed by atoms with Crippen LogP contribution in [0.2, 0.25) is 0 Å². The van der Waals surface area contributed by atoms with Crippen molar-refractivity contribution >= 4 is 26.9 Å². The summed E-state index contributed by atoms with van der Waals surface area (Å²) in [7, 11) is -1.68. The van der Waals surface area contributed by atoms with E-state index in [0.29, 0.717) is 29.0 Å². The molecule has 0 radical (unpaired) electrons. The molecule has 0 saturated carbocycles. The largest absolute Gasteiger partial charge is 0.334 e. The summed E-state index contributed by atoms with van der Waals surface area (Å²) in [4.78, 5) is 10.6. The first-order chi connectivity index (χ1) is 9.37. The molecule has 2 aromatic heterocycles. The first-order valence-corrected chi connectivity index (χ1v) is 7.71. The molecule has 2 aromatic rings. The quantitative estimate of drug-likeness (QED) is 0.804. The molecule has 8 nitrogen and oxygen atoms in total. The number of nitriles is 1. The van der Waals surface area contributed by atoms with Gasteiger partial charge in [0.2, 0.25) is 10.0 Å². The molecule has 9 heteroatoms. The van der Waals surface area contributed by atoms with Crippen molar-refractivity contribution in [1.29, 1.82) is 5.26 Å². The van der Waals surface area contributed by atoms with Crippen LogP contribution in [0, 0.1) is 11.3 Å². The lowest BCUT2D eigenvalue weighted by Crippen LogP contribution is -2.42. The number of sulfonamides is 1. The Bertz CT molecular complexity index is 789. The van der Waals surface area contributed by atoms with E-state index in [4.69, 9.17) is 0 Å². The Labute approximate surface area is 116 Å². The normalized spacial score (nSPS) is 11.5. The van der Waals surface area contributed by atoms with Gasteiger partial charge in [0, 0.05) is 19.8 Å². The van der Waals surface area contributed by atoms with Gasteiger partial charge in [-0.2, -0.15) is 5.26 Å². The molecule has 20 heavy (non-hydrogen) atoms. The Morgan fingerprint density at radius 3 is 2.75 bits per heavy atom. The first-order valence-electron chi connectivity index (χ1n) is 5.82. The zero-order valence-corrected chi connectivity index (χ0v) is 12.1. The molecule has 2 heterocycles. The van der Waals surface area contributed by atoms with E-state index in [1.54, 1.807) is 24.7 Å². The zero-order valence-electron chi connectivity index (χ0n) is 11.3. The Kier molecular flexibility index (Phi) is 3.61. The molecule has 0 aliphatic rings. The molecular weight excluding hydrogens is 280 g/mol. The number of nitrogens with zero attached hydrogens (tertiary/aromatic N) is 5. The fourth-order valence-corrected chi connectivity index (χ4v) is 2.56. The van der Waals surface area contributed by atoms with Crippen LogP contribution in [0.15, 0.2) is 12.5 Å². The van der Waals surface area contributed by atoms with Crippen LogP contribution in [0.3, 0.4) is 0 Å². The number of hydrogen-bond donors (Lipinski definition) is 1. The van der Waals surface area contributed by atoms with E-state index in [2.05, 4.69) is 20.9 Å². The van der Waals surface area contributed by atoms with Crippen LogP contribution in [0.4, 0.5) is 5.82 Å². The van der Waals surface area contributed by atoms with Gasteiger partial charge in [-0.05, 0) is 6.92 Å². The van der Waals surface area contributed by atoms with Gasteiger partial charge in [-0.1, -0.05) is 0 Å². The molecule has 0 bridgehead atoms. The maximum absolute atomic E-state index is 11.4. The minimum Gasteiger partial charge on any atom is -0.334 e. The highest BCUT2D eigenvalue weighted by molar-refractivity contribution is 7.88. The van der Waals surface area contributed by atoms with E-state index >= 15 is 0 Å². The third-order valence-corrected chi connectivity index (χ3v) is 3.25. The highest BCUT2D eigenvalue weighted by atomic mass is 32.2. The van der Waals surface area contributed by atoms with E-state index in [0.717, 1.165) is 6.26 Å². The third kappa shape index (κ3) is 2.56. The first kappa shape index (κ1) is 14.2. The summed E-state index contributed by atoms with van der Waals surface area (Å²) < 4.78 is 24.5. The average molecular weight is 294 g/mol. The van der Waals surface area contributed by atoms with Crippen molar-refractivity contribution in [1.82, 2.24) is 19.4 Å². The van der Waals surface area contributed by atoms with Gasteiger partial charge in [-0.25, -0.2) is 18.4 Å². The maximum Gasteiger partial charge on any atom is 0.225 e. The van der Waals surface area contributed by atoms with Gasteiger partial charge in [-0.15, -0.1) is 4.83 Å². The number of rotatable bonds is 4. The van der Waals surface area contributed by atoms with Crippen molar-refractivity contribution in [2.45, 2.75) is 6.92 Å². The van der Waals surface area contributed by atoms with Crippen LogP contribution in [0.25, 0.3) is 11.0 Å². The Balaban J connectivity index is 2.67. The number of nitrogens with one attached hydrogen (secondary N) is 1. The standard InChI is InChI=1S/C11H14N6O2S/c1-4-17(15-20(3,18)19)11-9-8(5-12)6-16(2)10(9)13-7-14-11/h6-7,15H,4H2,1-3H3. The monoisotopic (exact) mass is 294 g/mol. The fraction of sp³-hybridized carbons (Fsp3) is 0.364. The Hall–Kier alpha value is -2.18. The molecule has 0 amide bonds. The van der Waals surface area contributed by atoms with E-state index in [1.807, 2.05) is 0 Å². The van der Waals surface area contributed by atoms with Crippen LogP contribution in [0.5, 0.6) is 0 Å². The lowest BCUT2D eigenvalue weighted by molar-refractivity contribution is 0.582. The lowest BCUT2D eigenvalue weighted by Gasteiger charge is -2.21. The summed E-state index contributed by atoms with van der Waals surface area (Å²) in [6, 6.07) is 2.07. The molecule has 0 atom stereocenters. The minimum absolute atomic E-state index is 0.360. The van der Waals surface area contributed by atoms with Crippen LogP contribution in [-0.4, -0.2) is 35.8 Å². The smallest absolute Gasteiger partial charge is 0.225 e. The van der Waals surface area contributed by atoms with Crippen LogP contribution >= 0.6 is 0 Å². The second-order valence-electron chi connectivity index (χ2n) is 4.27. The SMILES string of the molecule is CCN(NS(C)(=O)=O)c1ncnc2c1c(C#N)cn2C. The third-order valence-electron chi connectivity index (χ3n) is 2.70. The topological polar surface area (TPSA) is 104 Å². The number of aryl methyl sites for hydroxylation is 1. The number of fused-ring (bicyclic) bond motifs is 1. The summed E-state index contributed by atoms with van der Waals surface area (Å²) >= 11 is 0. The molecule has 0 aliphatic heterocycles. The molecular formula is C11H14N6O2S. The van der Waals surface area contributed by atoms with Crippen molar-refractivity contribution in [2.24, 2.45) is 7.05 Å². The van der Waals surface area contributed by atoms with E-state index in [9.17, 15) is 13.7 Å². The predicted octanol–water partition coefficient (Wildman–Crippen LogP) is 0.130. The number of aromatic nitrogens is 3. The minimum atomic E-state index is -3.44. The average Bonchev–Trinajstić information content (AvgIpc) is 2.72. The van der Waals surface area contributed by atoms with Crippen LogP contribution in [0.1, 0.15) is 12.5 Å². The summed E-state index contributed by atoms with van der Waals surface area (Å²) in [5, 5.41) is 11.1. The highest BCUT2D eigenvalue weighted by Gasteiger charge is 2.19. The summed E-state index contributed by atoms with van der Waals surface area (Å²) in [6.07, 6.45) is 4.03. The van der Waals surface area contributed by atoms with Gasteiger partial charge in [0.25, 0.3) is 0 Å². The Morgan fingerprint density at radius 2 is 2.20 bits per heavy atom. The van der Waals surface area contributed by atoms with Crippen LogP contribution in [-0.2, 0) is 17.1 Å². The highest BCUT2D eigenvalue weighted by Crippen LogP contribution is 2.26. The molecule has 0 fully saturated rings. The zero-order chi connectivity index (χ0) is 14.9. The van der Waals surface area contributed by atoms with Crippen molar-refractivity contribution in [2.75, 3.05) is 17.8 Å².